The minimum Gasteiger partial charge on any atom is -0.349 e. The van der Waals surface area contributed by atoms with E-state index in [1.165, 1.54) is 5.56 Å². The van der Waals surface area contributed by atoms with E-state index < -0.39 is 0 Å². The van der Waals surface area contributed by atoms with E-state index in [4.69, 9.17) is 0 Å². The molecule has 0 aliphatic carbocycles. The highest BCUT2D eigenvalue weighted by atomic mass is 15.4. The molecule has 1 fully saturated rings. The van der Waals surface area contributed by atoms with Crippen LogP contribution in [0.5, 0.6) is 0 Å². The summed E-state index contributed by atoms with van der Waals surface area (Å²) >= 11 is 0. The molecular weight excluding hydrogens is 214 g/mol. The first kappa shape index (κ1) is 10.5. The van der Waals surface area contributed by atoms with Gasteiger partial charge in [-0.15, -0.1) is 5.10 Å². The Hall–Kier alpha value is -1.62. The van der Waals surface area contributed by atoms with Gasteiger partial charge in [0, 0.05) is 18.8 Å². The Morgan fingerprint density at radius 2 is 2.29 bits per heavy atom. The number of nitrogens with zero attached hydrogens (tertiary/aromatic N) is 4. The fourth-order valence-corrected chi connectivity index (χ4v) is 2.28. The van der Waals surface area contributed by atoms with Crippen molar-refractivity contribution in [2.24, 2.45) is 0 Å². The molecule has 1 atom stereocenters. The van der Waals surface area contributed by atoms with E-state index in [9.17, 15) is 0 Å². The van der Waals surface area contributed by atoms with Crippen molar-refractivity contribution in [3.8, 4) is 0 Å². The van der Waals surface area contributed by atoms with Gasteiger partial charge >= 0.3 is 0 Å². The number of hydrogen-bond acceptors (Lipinski definition) is 4. The Kier molecular flexibility index (Phi) is 2.48. The largest absolute Gasteiger partial charge is 0.349 e. The zero-order valence-electron chi connectivity index (χ0n) is 10.2. The highest BCUT2D eigenvalue weighted by Crippen LogP contribution is 2.13. The topological polar surface area (TPSA) is 45.5 Å². The second-order valence-corrected chi connectivity index (χ2v) is 4.84. The molecule has 0 amide bonds. The molecule has 0 saturated carbocycles. The van der Waals surface area contributed by atoms with Crippen molar-refractivity contribution in [1.29, 1.82) is 0 Å². The molecule has 2 aromatic heterocycles. The summed E-state index contributed by atoms with van der Waals surface area (Å²) in [5.41, 5.74) is 2.08. The zero-order chi connectivity index (χ0) is 11.8. The highest BCUT2D eigenvalue weighted by Gasteiger charge is 2.20. The molecule has 90 valence electrons. The van der Waals surface area contributed by atoms with E-state index >= 15 is 0 Å². The third-order valence-electron chi connectivity index (χ3n) is 3.20. The van der Waals surface area contributed by atoms with Crippen molar-refractivity contribution in [2.45, 2.75) is 19.4 Å². The molecule has 5 nitrogen and oxygen atoms in total. The quantitative estimate of drug-likeness (QED) is 0.842. The maximum Gasteiger partial charge on any atom is 0.243 e. The molecule has 1 aliphatic heterocycles. The van der Waals surface area contributed by atoms with E-state index in [1.807, 2.05) is 16.8 Å². The Labute approximate surface area is 100 Å². The van der Waals surface area contributed by atoms with Gasteiger partial charge in [0.25, 0.3) is 0 Å². The van der Waals surface area contributed by atoms with Crippen LogP contribution < -0.4 is 5.32 Å². The van der Waals surface area contributed by atoms with E-state index in [1.54, 1.807) is 0 Å². The molecular formula is C12H17N5. The smallest absolute Gasteiger partial charge is 0.243 e. The molecule has 2 aromatic rings. The molecule has 0 aromatic carbocycles. The van der Waals surface area contributed by atoms with Crippen molar-refractivity contribution < 1.29 is 0 Å². The number of aryl methyl sites for hydroxylation is 1. The summed E-state index contributed by atoms with van der Waals surface area (Å²) in [6.45, 7) is 4.26. The number of anilines is 1. The summed E-state index contributed by atoms with van der Waals surface area (Å²) in [6.07, 6.45) is 3.15. The lowest BCUT2D eigenvalue weighted by Crippen LogP contribution is -2.24. The fraction of sp³-hybridized carbons (Fsp3) is 0.500. The predicted molar refractivity (Wildman–Crippen MR) is 67.2 cm³/mol. The molecule has 0 bridgehead atoms. The summed E-state index contributed by atoms with van der Waals surface area (Å²) < 4.78 is 1.83. The van der Waals surface area contributed by atoms with Crippen LogP contribution >= 0.6 is 0 Å². The highest BCUT2D eigenvalue weighted by molar-refractivity contribution is 5.44. The third kappa shape index (κ3) is 2.10. The number of rotatable bonds is 2. The number of fused-ring (bicyclic) bond motifs is 1. The molecule has 5 heteroatoms. The number of hydrogen-bond donors (Lipinski definition) is 1. The SMILES string of the molecule is Cc1ccc2nc(NC3CCN(C)C3)nn2c1. The number of nitrogens with one attached hydrogen (secondary N) is 1. The second-order valence-electron chi connectivity index (χ2n) is 4.84. The van der Waals surface area contributed by atoms with Crippen molar-refractivity contribution in [3.63, 3.8) is 0 Å². The maximum atomic E-state index is 4.46. The van der Waals surface area contributed by atoms with Gasteiger partial charge in [0.05, 0.1) is 0 Å². The Balaban J connectivity index is 1.81. The molecule has 0 spiro atoms. The molecule has 3 rings (SSSR count). The molecule has 1 unspecified atom stereocenters. The first-order chi connectivity index (χ1) is 8.20. The predicted octanol–water partition coefficient (Wildman–Crippen LogP) is 1.15. The lowest BCUT2D eigenvalue weighted by molar-refractivity contribution is 0.414. The summed E-state index contributed by atoms with van der Waals surface area (Å²) in [6, 6.07) is 4.52. The van der Waals surface area contributed by atoms with Gasteiger partial charge in [0.15, 0.2) is 5.65 Å². The molecule has 3 heterocycles. The number of aromatic nitrogens is 3. The van der Waals surface area contributed by atoms with Gasteiger partial charge in [-0.2, -0.15) is 4.98 Å². The van der Waals surface area contributed by atoms with Gasteiger partial charge in [-0.1, -0.05) is 6.07 Å². The number of likely N-dealkylation sites (N-methyl/N-ethyl adjacent to an activating group) is 1. The third-order valence-corrected chi connectivity index (χ3v) is 3.20. The van der Waals surface area contributed by atoms with Crippen LogP contribution in [-0.4, -0.2) is 45.7 Å². The molecule has 1 saturated heterocycles. The summed E-state index contributed by atoms with van der Waals surface area (Å²) in [5.74, 6) is 0.732. The van der Waals surface area contributed by atoms with Gasteiger partial charge < -0.3 is 10.2 Å². The van der Waals surface area contributed by atoms with Crippen LogP contribution in [0.1, 0.15) is 12.0 Å². The summed E-state index contributed by atoms with van der Waals surface area (Å²) in [5, 5.41) is 7.83. The minimum absolute atomic E-state index is 0.471. The van der Waals surface area contributed by atoms with Crippen molar-refractivity contribution >= 4 is 11.6 Å². The first-order valence-corrected chi connectivity index (χ1v) is 5.99. The Morgan fingerprint density at radius 1 is 1.41 bits per heavy atom. The summed E-state index contributed by atoms with van der Waals surface area (Å²) in [4.78, 5) is 6.78. The van der Waals surface area contributed by atoms with E-state index in [0.29, 0.717) is 6.04 Å². The zero-order valence-corrected chi connectivity index (χ0v) is 10.2. The lowest BCUT2D eigenvalue weighted by atomic mass is 10.3. The van der Waals surface area contributed by atoms with Crippen LogP contribution in [0, 0.1) is 6.92 Å². The van der Waals surface area contributed by atoms with Crippen molar-refractivity contribution in [2.75, 3.05) is 25.5 Å². The van der Waals surface area contributed by atoms with Crippen LogP contribution in [-0.2, 0) is 0 Å². The Morgan fingerprint density at radius 3 is 3.06 bits per heavy atom. The van der Waals surface area contributed by atoms with Crippen LogP contribution in [0.25, 0.3) is 5.65 Å². The second kappa shape index (κ2) is 4.00. The average Bonchev–Trinajstić information content (AvgIpc) is 2.84. The van der Waals surface area contributed by atoms with Gasteiger partial charge in [-0.05, 0) is 38.6 Å². The first-order valence-electron chi connectivity index (χ1n) is 5.99. The van der Waals surface area contributed by atoms with E-state index in [2.05, 4.69) is 40.3 Å². The lowest BCUT2D eigenvalue weighted by Gasteiger charge is -2.10. The minimum atomic E-state index is 0.471. The van der Waals surface area contributed by atoms with Gasteiger partial charge in [-0.3, -0.25) is 0 Å². The van der Waals surface area contributed by atoms with E-state index in [0.717, 1.165) is 31.1 Å². The van der Waals surface area contributed by atoms with Crippen molar-refractivity contribution in [3.05, 3.63) is 23.9 Å². The molecule has 17 heavy (non-hydrogen) atoms. The Bertz CT molecular complexity index is 533. The van der Waals surface area contributed by atoms with Gasteiger partial charge in [-0.25, -0.2) is 4.52 Å². The van der Waals surface area contributed by atoms with E-state index in [-0.39, 0.29) is 0 Å². The van der Waals surface area contributed by atoms with Crippen molar-refractivity contribution in [1.82, 2.24) is 19.5 Å². The maximum absolute atomic E-state index is 4.46. The molecule has 1 N–H and O–H groups in total. The molecule has 0 radical (unpaired) electrons. The summed E-state index contributed by atoms with van der Waals surface area (Å²) in [7, 11) is 2.14. The molecule has 1 aliphatic rings. The number of likely N-dealkylation sites (tertiary alicyclic amines) is 1. The van der Waals surface area contributed by atoms with Crippen LogP contribution in [0.4, 0.5) is 5.95 Å². The average molecular weight is 231 g/mol. The normalized spacial score (nSPS) is 21.2. The van der Waals surface area contributed by atoms with Crippen LogP contribution in [0.15, 0.2) is 18.3 Å². The fourth-order valence-electron chi connectivity index (χ4n) is 2.28. The standard InChI is InChI=1S/C12H17N5/c1-9-3-4-11-14-12(15-17(11)7-9)13-10-5-6-16(2)8-10/h3-4,7,10H,5-6,8H2,1-2H3,(H,13,15). The van der Waals surface area contributed by atoms with Crippen LogP contribution in [0.2, 0.25) is 0 Å². The number of pyridine rings is 1. The van der Waals surface area contributed by atoms with Gasteiger partial charge in [0.2, 0.25) is 5.95 Å². The van der Waals surface area contributed by atoms with Crippen LogP contribution in [0.3, 0.4) is 0 Å². The monoisotopic (exact) mass is 231 g/mol. The van der Waals surface area contributed by atoms with Gasteiger partial charge in [0.1, 0.15) is 0 Å².